The third-order valence-corrected chi connectivity index (χ3v) is 6.89. The molecular formula is C28H21ClF8N2O3. The average molecular weight is 621 g/mol. The molecule has 1 N–H and O–H groups in total. The Morgan fingerprint density at radius 2 is 1.64 bits per heavy atom. The van der Waals surface area contributed by atoms with Gasteiger partial charge >= 0.3 is 12.4 Å². The number of ketones is 1. The number of benzene rings is 3. The van der Waals surface area contributed by atoms with Crippen molar-refractivity contribution >= 4 is 39.8 Å². The Hall–Kier alpha value is -3.74. The standard InChI is InChI=1S/C28H21ClF8N2O3/c1-25(30,31)15-10-16(12-17(29)11-15)26(28(35,36)37)13-23(39-42-26)21-6-7-22(20-5-3-2-4-19(20)21)24(41)38-14-18(40)8-9-27(32,33)34/h2-7,10-12H,8-9,13-14H2,1H3,(H,38,41). The fourth-order valence-corrected chi connectivity index (χ4v) is 4.75. The molecule has 4 rings (SSSR count). The van der Waals surface area contributed by atoms with Gasteiger partial charge in [0.2, 0.25) is 0 Å². The van der Waals surface area contributed by atoms with Crippen LogP contribution in [-0.2, 0) is 21.2 Å². The number of halogens is 9. The van der Waals surface area contributed by atoms with E-state index >= 15 is 0 Å². The summed E-state index contributed by atoms with van der Waals surface area (Å²) in [4.78, 5) is 29.6. The first-order chi connectivity index (χ1) is 19.4. The summed E-state index contributed by atoms with van der Waals surface area (Å²) < 4.78 is 109. The highest BCUT2D eigenvalue weighted by molar-refractivity contribution is 6.30. The van der Waals surface area contributed by atoms with Crippen molar-refractivity contribution < 1.29 is 49.5 Å². The number of carbonyl (C=O) groups is 2. The van der Waals surface area contributed by atoms with Crippen LogP contribution in [0.4, 0.5) is 35.1 Å². The zero-order valence-electron chi connectivity index (χ0n) is 21.6. The van der Waals surface area contributed by atoms with Crippen LogP contribution in [-0.4, -0.2) is 36.3 Å². The second-order valence-electron chi connectivity index (χ2n) is 9.79. The van der Waals surface area contributed by atoms with Gasteiger partial charge in [0.1, 0.15) is 0 Å². The third-order valence-electron chi connectivity index (χ3n) is 6.67. The molecule has 1 atom stereocenters. The lowest BCUT2D eigenvalue weighted by Crippen LogP contribution is -2.43. The first-order valence-corrected chi connectivity index (χ1v) is 12.7. The molecule has 0 aromatic heterocycles. The van der Waals surface area contributed by atoms with Gasteiger partial charge in [-0.2, -0.15) is 26.3 Å². The van der Waals surface area contributed by atoms with Crippen LogP contribution in [0.25, 0.3) is 10.8 Å². The topological polar surface area (TPSA) is 67.8 Å². The van der Waals surface area contributed by atoms with E-state index in [9.17, 15) is 44.7 Å². The van der Waals surface area contributed by atoms with E-state index in [2.05, 4.69) is 10.5 Å². The van der Waals surface area contributed by atoms with E-state index in [1.165, 1.54) is 24.3 Å². The van der Waals surface area contributed by atoms with Crippen molar-refractivity contribution in [3.05, 3.63) is 81.9 Å². The Bertz CT molecular complexity index is 1560. The summed E-state index contributed by atoms with van der Waals surface area (Å²) >= 11 is 5.91. The monoisotopic (exact) mass is 620 g/mol. The molecule has 1 amide bonds. The number of Topliss-reactive ketones (excluding diaryl/α,β-unsaturated/α-hetero) is 1. The lowest BCUT2D eigenvalue weighted by Gasteiger charge is -2.30. The number of nitrogens with one attached hydrogen (secondary N) is 1. The van der Waals surface area contributed by atoms with Gasteiger partial charge in [0.05, 0.1) is 18.7 Å². The zero-order valence-corrected chi connectivity index (χ0v) is 22.4. The van der Waals surface area contributed by atoms with Gasteiger partial charge in [0, 0.05) is 47.0 Å². The number of amides is 1. The van der Waals surface area contributed by atoms with E-state index in [-0.39, 0.29) is 32.6 Å². The third kappa shape index (κ3) is 6.50. The second-order valence-corrected chi connectivity index (χ2v) is 10.2. The summed E-state index contributed by atoms with van der Waals surface area (Å²) in [5, 5.41) is 6.11. The molecule has 0 saturated heterocycles. The van der Waals surface area contributed by atoms with E-state index in [1.54, 1.807) is 12.1 Å². The fourth-order valence-electron chi connectivity index (χ4n) is 4.52. The molecule has 1 unspecified atom stereocenters. The number of fused-ring (bicyclic) bond motifs is 1. The maximum atomic E-state index is 14.5. The summed E-state index contributed by atoms with van der Waals surface area (Å²) in [6.45, 7) is -0.138. The summed E-state index contributed by atoms with van der Waals surface area (Å²) in [5.74, 6) is -5.13. The van der Waals surface area contributed by atoms with Crippen LogP contribution in [0.2, 0.25) is 5.02 Å². The molecule has 0 spiro atoms. The largest absolute Gasteiger partial charge is 0.435 e. The van der Waals surface area contributed by atoms with Crippen molar-refractivity contribution in [1.29, 1.82) is 0 Å². The van der Waals surface area contributed by atoms with E-state index in [4.69, 9.17) is 16.4 Å². The maximum Gasteiger partial charge on any atom is 0.435 e. The van der Waals surface area contributed by atoms with Crippen LogP contribution < -0.4 is 5.32 Å². The summed E-state index contributed by atoms with van der Waals surface area (Å²) in [5.41, 5.74) is -4.60. The molecule has 0 saturated carbocycles. The molecule has 42 heavy (non-hydrogen) atoms. The molecule has 14 heteroatoms. The number of rotatable bonds is 8. The molecule has 5 nitrogen and oxygen atoms in total. The predicted molar refractivity (Wildman–Crippen MR) is 138 cm³/mol. The lowest BCUT2D eigenvalue weighted by atomic mass is 9.84. The predicted octanol–water partition coefficient (Wildman–Crippen LogP) is 7.83. The SMILES string of the molecule is CC(F)(F)c1cc(Cl)cc(C2(C(F)(F)F)CC(c3ccc(C(=O)NCC(=O)CCC(F)(F)F)c4ccccc34)=NO2)c1. The van der Waals surface area contributed by atoms with Crippen molar-refractivity contribution in [2.45, 2.75) is 50.1 Å². The highest BCUT2D eigenvalue weighted by atomic mass is 35.5. The highest BCUT2D eigenvalue weighted by Crippen LogP contribution is 2.50. The Labute approximate surface area is 238 Å². The van der Waals surface area contributed by atoms with E-state index in [0.717, 1.165) is 12.1 Å². The number of nitrogens with zero attached hydrogens (tertiary/aromatic N) is 1. The van der Waals surface area contributed by atoms with Crippen molar-refractivity contribution in [3.63, 3.8) is 0 Å². The Kier molecular flexibility index (Phi) is 8.29. The van der Waals surface area contributed by atoms with E-state index in [1.807, 2.05) is 0 Å². The number of alkyl halides is 8. The molecule has 1 aliphatic rings. The fraction of sp³-hybridized carbons (Fsp3) is 0.321. The lowest BCUT2D eigenvalue weighted by molar-refractivity contribution is -0.275. The highest BCUT2D eigenvalue weighted by Gasteiger charge is 2.62. The van der Waals surface area contributed by atoms with Crippen LogP contribution in [0.1, 0.15) is 53.2 Å². The molecule has 0 fully saturated rings. The van der Waals surface area contributed by atoms with Gasteiger partial charge < -0.3 is 10.2 Å². The van der Waals surface area contributed by atoms with Gasteiger partial charge in [0.15, 0.2) is 5.78 Å². The maximum absolute atomic E-state index is 14.5. The first kappa shape index (κ1) is 31.2. The number of hydrogen-bond donors (Lipinski definition) is 1. The number of hydrogen-bond acceptors (Lipinski definition) is 4. The summed E-state index contributed by atoms with van der Waals surface area (Å²) in [6.07, 6.45) is -12.7. The van der Waals surface area contributed by atoms with Crippen molar-refractivity contribution in [2.24, 2.45) is 5.16 Å². The summed E-state index contributed by atoms with van der Waals surface area (Å²) in [6, 6.07) is 11.0. The molecule has 3 aromatic rings. The number of oxime groups is 1. The normalized spacial score (nSPS) is 17.6. The van der Waals surface area contributed by atoms with Crippen molar-refractivity contribution in [2.75, 3.05) is 6.54 Å². The molecule has 224 valence electrons. The van der Waals surface area contributed by atoms with Crippen molar-refractivity contribution in [1.82, 2.24) is 5.32 Å². The molecule has 0 bridgehead atoms. The Morgan fingerprint density at radius 3 is 2.26 bits per heavy atom. The molecule has 3 aromatic carbocycles. The zero-order chi connectivity index (χ0) is 31.1. The van der Waals surface area contributed by atoms with Crippen LogP contribution in [0.15, 0.2) is 59.8 Å². The Balaban J connectivity index is 1.65. The van der Waals surface area contributed by atoms with E-state index < -0.39 is 72.5 Å². The number of carbonyl (C=O) groups excluding carboxylic acids is 2. The average Bonchev–Trinajstić information content (AvgIpc) is 3.36. The minimum absolute atomic E-state index is 0.00392. The smallest absolute Gasteiger partial charge is 0.374 e. The Morgan fingerprint density at radius 1 is 0.976 bits per heavy atom. The molecule has 1 heterocycles. The van der Waals surface area contributed by atoms with Gasteiger partial charge in [-0.1, -0.05) is 47.1 Å². The van der Waals surface area contributed by atoms with Gasteiger partial charge in [-0.3, -0.25) is 9.59 Å². The van der Waals surface area contributed by atoms with Crippen molar-refractivity contribution in [3.8, 4) is 0 Å². The quantitative estimate of drug-likeness (QED) is 0.261. The van der Waals surface area contributed by atoms with Gasteiger partial charge in [-0.25, -0.2) is 8.78 Å². The second kappa shape index (κ2) is 11.2. The van der Waals surface area contributed by atoms with Crippen LogP contribution in [0, 0.1) is 0 Å². The summed E-state index contributed by atoms with van der Waals surface area (Å²) in [7, 11) is 0. The van der Waals surface area contributed by atoms with Gasteiger partial charge in [0.25, 0.3) is 17.4 Å². The van der Waals surface area contributed by atoms with Gasteiger partial charge in [-0.15, -0.1) is 0 Å². The molecule has 0 aliphatic carbocycles. The van der Waals surface area contributed by atoms with Crippen LogP contribution >= 0.6 is 11.6 Å². The minimum atomic E-state index is -5.11. The first-order valence-electron chi connectivity index (χ1n) is 12.3. The minimum Gasteiger partial charge on any atom is -0.374 e. The van der Waals surface area contributed by atoms with Gasteiger partial charge in [-0.05, 0) is 35.0 Å². The van der Waals surface area contributed by atoms with Crippen LogP contribution in [0.3, 0.4) is 0 Å². The van der Waals surface area contributed by atoms with E-state index in [0.29, 0.717) is 13.0 Å². The molecule has 1 aliphatic heterocycles. The molecular weight excluding hydrogens is 600 g/mol. The van der Waals surface area contributed by atoms with Crippen LogP contribution in [0.5, 0.6) is 0 Å². The molecule has 0 radical (unpaired) electrons.